The number of ether oxygens (including phenoxy) is 1. The van der Waals surface area contributed by atoms with Crippen molar-refractivity contribution in [1.82, 2.24) is 24.8 Å². The molecule has 8 nitrogen and oxygen atoms in total. The van der Waals surface area contributed by atoms with Crippen LogP contribution >= 0.6 is 11.6 Å². The fraction of sp³-hybridized carbons (Fsp3) is 0.286. The van der Waals surface area contributed by atoms with E-state index >= 15 is 0 Å². The molecule has 1 saturated carbocycles. The zero-order valence-electron chi connectivity index (χ0n) is 20.3. The van der Waals surface area contributed by atoms with Crippen LogP contribution in [0.3, 0.4) is 0 Å². The molecule has 0 radical (unpaired) electrons. The molecule has 4 heterocycles. The maximum Gasteiger partial charge on any atom is 0.245 e. The van der Waals surface area contributed by atoms with Crippen molar-refractivity contribution in [2.45, 2.75) is 31.8 Å². The second kappa shape index (κ2) is 9.52. The summed E-state index contributed by atoms with van der Waals surface area (Å²) >= 11 is 6.53. The number of pyridine rings is 1. The van der Waals surface area contributed by atoms with Crippen LogP contribution in [0.1, 0.15) is 36.4 Å². The molecule has 1 amide bonds. The summed E-state index contributed by atoms with van der Waals surface area (Å²) in [5.74, 6) is 1.73. The number of aromatic nitrogens is 4. The summed E-state index contributed by atoms with van der Waals surface area (Å²) in [6, 6.07) is 11.3. The molecular formula is C28H27ClN6O2. The Morgan fingerprint density at radius 3 is 2.95 bits per heavy atom. The second-order valence-corrected chi connectivity index (χ2v) is 10.3. The highest BCUT2D eigenvalue weighted by molar-refractivity contribution is 6.32. The van der Waals surface area contributed by atoms with Crippen LogP contribution in [-0.2, 0) is 11.4 Å². The Morgan fingerprint density at radius 2 is 2.16 bits per heavy atom. The van der Waals surface area contributed by atoms with Crippen molar-refractivity contribution in [2.75, 3.05) is 18.4 Å². The number of carbonyl (C=O) groups is 1. The zero-order chi connectivity index (χ0) is 25.4. The number of nitrogens with one attached hydrogen (secondary N) is 2. The fourth-order valence-electron chi connectivity index (χ4n) is 5.68. The van der Waals surface area contributed by atoms with Crippen LogP contribution < -0.4 is 10.1 Å². The Balaban J connectivity index is 1.19. The highest BCUT2D eigenvalue weighted by Gasteiger charge is 2.49. The van der Waals surface area contributed by atoms with E-state index in [2.05, 4.69) is 38.0 Å². The van der Waals surface area contributed by atoms with Crippen molar-refractivity contribution in [3.05, 3.63) is 84.1 Å². The third-order valence-corrected chi connectivity index (χ3v) is 7.77. The summed E-state index contributed by atoms with van der Waals surface area (Å²) in [5.41, 5.74) is 3.86. The normalized spacial score (nSPS) is 18.1. The van der Waals surface area contributed by atoms with Gasteiger partial charge >= 0.3 is 0 Å². The summed E-state index contributed by atoms with van der Waals surface area (Å²) in [6.45, 7) is 5.57. The van der Waals surface area contributed by atoms with E-state index in [4.69, 9.17) is 16.3 Å². The lowest BCUT2D eigenvalue weighted by Crippen LogP contribution is -2.56. The summed E-state index contributed by atoms with van der Waals surface area (Å²) in [5, 5.41) is 4.93. The van der Waals surface area contributed by atoms with Crippen molar-refractivity contribution < 1.29 is 9.53 Å². The van der Waals surface area contributed by atoms with Crippen LogP contribution in [-0.4, -0.2) is 43.8 Å². The van der Waals surface area contributed by atoms with E-state index in [1.165, 1.54) is 11.6 Å². The number of nitrogens with zero attached hydrogens (tertiary/aromatic N) is 4. The first kappa shape index (κ1) is 23.5. The molecule has 2 N–H and O–H groups in total. The molecule has 1 saturated heterocycles. The van der Waals surface area contributed by atoms with Gasteiger partial charge in [-0.2, -0.15) is 0 Å². The number of benzene rings is 1. The van der Waals surface area contributed by atoms with Crippen LogP contribution in [0.25, 0.3) is 11.0 Å². The number of fused-ring (bicyclic) bond motifs is 1. The molecule has 37 heavy (non-hydrogen) atoms. The number of amides is 1. The fourth-order valence-corrected chi connectivity index (χ4v) is 5.91. The molecular weight excluding hydrogens is 488 g/mol. The Bertz CT molecular complexity index is 1460. The standard InChI is InChI=1S/C28H27ClN6O2/c1-2-24(36)35-15-28(16-35)9-8-18(12-28)21-13-31-26-25(21)27(33-17-32-26)34-19-6-7-23(22(29)11-19)37-14-20-5-3-4-10-30-20/h2-7,10-11,13,17-18H,1,8-9,12,14-16H2,(H2,31,32,33,34). The Labute approximate surface area is 219 Å². The topological polar surface area (TPSA) is 96.0 Å². The van der Waals surface area contributed by atoms with Crippen LogP contribution in [0, 0.1) is 5.41 Å². The second-order valence-electron chi connectivity index (χ2n) is 9.91. The van der Waals surface area contributed by atoms with Gasteiger partial charge in [-0.3, -0.25) is 9.78 Å². The molecule has 1 atom stereocenters. The van der Waals surface area contributed by atoms with Crippen molar-refractivity contribution in [2.24, 2.45) is 5.41 Å². The molecule has 1 aromatic carbocycles. The largest absolute Gasteiger partial charge is 0.486 e. The third-order valence-electron chi connectivity index (χ3n) is 7.48. The van der Waals surface area contributed by atoms with Gasteiger partial charge in [-0.1, -0.05) is 24.2 Å². The Kier molecular flexibility index (Phi) is 6.04. The molecule has 9 heteroatoms. The third kappa shape index (κ3) is 4.53. The van der Waals surface area contributed by atoms with Crippen LogP contribution in [0.5, 0.6) is 5.75 Å². The number of aromatic amines is 1. The lowest BCUT2D eigenvalue weighted by molar-refractivity contribution is -0.137. The number of hydrogen-bond acceptors (Lipinski definition) is 6. The average molecular weight is 515 g/mol. The van der Waals surface area contributed by atoms with E-state index in [-0.39, 0.29) is 11.3 Å². The van der Waals surface area contributed by atoms with E-state index < -0.39 is 0 Å². The van der Waals surface area contributed by atoms with Crippen molar-refractivity contribution in [3.8, 4) is 5.75 Å². The van der Waals surface area contributed by atoms with E-state index in [0.29, 0.717) is 23.3 Å². The van der Waals surface area contributed by atoms with Gasteiger partial charge in [-0.05, 0) is 67.2 Å². The lowest BCUT2D eigenvalue weighted by Gasteiger charge is -2.48. The van der Waals surface area contributed by atoms with Gasteiger partial charge in [0.15, 0.2) is 0 Å². The maximum atomic E-state index is 11.9. The molecule has 1 aliphatic heterocycles. The number of H-pyrrole nitrogens is 1. The number of carbonyl (C=O) groups excluding carboxylic acids is 1. The molecule has 0 bridgehead atoms. The van der Waals surface area contributed by atoms with E-state index in [1.54, 1.807) is 12.5 Å². The van der Waals surface area contributed by atoms with Gasteiger partial charge in [-0.25, -0.2) is 9.97 Å². The van der Waals surface area contributed by atoms with Crippen LogP contribution in [0.4, 0.5) is 11.5 Å². The van der Waals surface area contributed by atoms with Crippen molar-refractivity contribution in [3.63, 3.8) is 0 Å². The lowest BCUT2D eigenvalue weighted by atomic mass is 9.77. The summed E-state index contributed by atoms with van der Waals surface area (Å²) in [4.78, 5) is 30.4. The molecule has 4 aromatic rings. The summed E-state index contributed by atoms with van der Waals surface area (Å²) in [7, 11) is 0. The highest BCUT2D eigenvalue weighted by atomic mass is 35.5. The highest BCUT2D eigenvalue weighted by Crippen LogP contribution is 2.53. The average Bonchev–Trinajstić information content (AvgIpc) is 3.53. The minimum atomic E-state index is 0.0212. The molecule has 3 aromatic heterocycles. The first-order valence-corrected chi connectivity index (χ1v) is 12.7. The maximum absolute atomic E-state index is 11.9. The molecule has 6 rings (SSSR count). The van der Waals surface area contributed by atoms with Gasteiger partial charge in [0.1, 0.15) is 30.1 Å². The van der Waals surface area contributed by atoms with E-state index in [1.807, 2.05) is 41.3 Å². The van der Waals surface area contributed by atoms with Crippen molar-refractivity contribution >= 4 is 40.0 Å². The van der Waals surface area contributed by atoms with Gasteiger partial charge in [0.05, 0.1) is 16.1 Å². The Morgan fingerprint density at radius 1 is 1.27 bits per heavy atom. The smallest absolute Gasteiger partial charge is 0.245 e. The van der Waals surface area contributed by atoms with Gasteiger partial charge in [0.2, 0.25) is 5.91 Å². The molecule has 1 spiro atoms. The predicted molar refractivity (Wildman–Crippen MR) is 143 cm³/mol. The van der Waals surface area contributed by atoms with Crippen LogP contribution in [0.15, 0.2) is 67.8 Å². The van der Waals surface area contributed by atoms with Gasteiger partial charge in [-0.15, -0.1) is 0 Å². The Hall–Kier alpha value is -3.91. The quantitative estimate of drug-likeness (QED) is 0.311. The number of likely N-dealkylation sites (tertiary alicyclic amines) is 1. The van der Waals surface area contributed by atoms with Crippen molar-refractivity contribution in [1.29, 1.82) is 0 Å². The first-order chi connectivity index (χ1) is 18.0. The first-order valence-electron chi connectivity index (χ1n) is 12.4. The van der Waals surface area contributed by atoms with Crippen LogP contribution in [0.2, 0.25) is 5.02 Å². The SMILES string of the molecule is C=CC(=O)N1CC2(CCC(c3c[nH]c4ncnc(Nc5ccc(OCc6ccccn6)c(Cl)c5)c34)C2)C1. The minimum Gasteiger partial charge on any atom is -0.486 e. The number of hydrogen-bond donors (Lipinski definition) is 2. The summed E-state index contributed by atoms with van der Waals surface area (Å²) in [6.07, 6.45) is 9.98. The van der Waals surface area contributed by atoms with Gasteiger partial charge < -0.3 is 19.9 Å². The molecule has 188 valence electrons. The van der Waals surface area contributed by atoms with E-state index in [0.717, 1.165) is 60.6 Å². The predicted octanol–water partition coefficient (Wildman–Crippen LogP) is 5.61. The minimum absolute atomic E-state index is 0.0212. The van der Waals surface area contributed by atoms with E-state index in [9.17, 15) is 4.79 Å². The van der Waals surface area contributed by atoms with Gasteiger partial charge in [0, 0.05) is 36.6 Å². The molecule has 2 fully saturated rings. The zero-order valence-corrected chi connectivity index (χ0v) is 21.0. The molecule has 2 aliphatic rings. The number of halogens is 1. The number of rotatable bonds is 7. The molecule has 1 unspecified atom stereocenters. The van der Waals surface area contributed by atoms with Gasteiger partial charge in [0.25, 0.3) is 0 Å². The molecule has 1 aliphatic carbocycles. The monoisotopic (exact) mass is 514 g/mol. The number of anilines is 2. The summed E-state index contributed by atoms with van der Waals surface area (Å²) < 4.78 is 5.85.